The summed E-state index contributed by atoms with van der Waals surface area (Å²) in [4.78, 5) is 0. The molecule has 0 aliphatic carbocycles. The van der Waals surface area contributed by atoms with Crippen molar-refractivity contribution in [1.82, 2.24) is 0 Å². The highest BCUT2D eigenvalue weighted by Gasteiger charge is 2.36. The van der Waals surface area contributed by atoms with Crippen LogP contribution in [0.5, 0.6) is 0 Å². The first kappa shape index (κ1) is 18.9. The Morgan fingerprint density at radius 1 is 0.737 bits per heavy atom. The van der Waals surface area contributed by atoms with Crippen molar-refractivity contribution in [2.45, 2.75) is 80.4 Å². The fourth-order valence-electron chi connectivity index (χ4n) is 3.77. The minimum absolute atomic E-state index is 0.205. The summed E-state index contributed by atoms with van der Waals surface area (Å²) in [6, 6.07) is 0. The maximum atomic E-state index is 9.42. The summed E-state index contributed by atoms with van der Waals surface area (Å²) in [5.41, 5.74) is 0.205. The van der Waals surface area contributed by atoms with E-state index in [1.54, 1.807) is 0 Å². The standard InChI is InChI=1S/C17H36O2/c1-12(2)8-15(9-16(18)19)17(7,10-13(3)4)11-14(5)6/h12-16,18-19H,8-11H2,1-7H3. The summed E-state index contributed by atoms with van der Waals surface area (Å²) < 4.78 is 0. The molecule has 0 amide bonds. The minimum Gasteiger partial charge on any atom is -0.368 e. The molecule has 19 heavy (non-hydrogen) atoms. The molecule has 0 aliphatic heterocycles. The predicted molar refractivity (Wildman–Crippen MR) is 82.8 cm³/mol. The normalized spacial score (nSPS) is 15.0. The highest BCUT2D eigenvalue weighted by Crippen LogP contribution is 2.45. The second-order valence-electron chi connectivity index (χ2n) is 7.89. The fraction of sp³-hybridized carbons (Fsp3) is 1.00. The molecule has 0 aromatic rings. The summed E-state index contributed by atoms with van der Waals surface area (Å²) in [6.45, 7) is 15.9. The zero-order chi connectivity index (χ0) is 15.2. The van der Waals surface area contributed by atoms with Crippen molar-refractivity contribution < 1.29 is 10.2 Å². The molecule has 0 spiro atoms. The van der Waals surface area contributed by atoms with E-state index in [4.69, 9.17) is 0 Å². The first-order chi connectivity index (χ1) is 8.56. The van der Waals surface area contributed by atoms with Gasteiger partial charge >= 0.3 is 0 Å². The number of rotatable bonds is 9. The monoisotopic (exact) mass is 272 g/mol. The molecule has 2 N–H and O–H groups in total. The van der Waals surface area contributed by atoms with Crippen molar-refractivity contribution in [3.63, 3.8) is 0 Å². The van der Waals surface area contributed by atoms with Crippen LogP contribution in [-0.4, -0.2) is 16.5 Å². The molecule has 0 aromatic carbocycles. The quantitative estimate of drug-likeness (QED) is 0.609. The molecule has 0 radical (unpaired) electrons. The van der Waals surface area contributed by atoms with Crippen LogP contribution >= 0.6 is 0 Å². The number of aliphatic hydroxyl groups is 2. The number of hydrogen-bond donors (Lipinski definition) is 2. The van der Waals surface area contributed by atoms with Gasteiger partial charge < -0.3 is 10.2 Å². The highest BCUT2D eigenvalue weighted by molar-refractivity contribution is 4.85. The highest BCUT2D eigenvalue weighted by atomic mass is 16.5. The van der Waals surface area contributed by atoms with Crippen molar-refractivity contribution in [3.8, 4) is 0 Å². The Kier molecular flexibility index (Phi) is 8.23. The Morgan fingerprint density at radius 3 is 1.42 bits per heavy atom. The molecule has 1 unspecified atom stereocenters. The van der Waals surface area contributed by atoms with Gasteiger partial charge in [-0.2, -0.15) is 0 Å². The fourth-order valence-corrected chi connectivity index (χ4v) is 3.77. The van der Waals surface area contributed by atoms with Crippen molar-refractivity contribution in [1.29, 1.82) is 0 Å². The minimum atomic E-state index is -1.18. The average Bonchev–Trinajstić information content (AvgIpc) is 2.11. The van der Waals surface area contributed by atoms with Gasteiger partial charge in [0.15, 0.2) is 6.29 Å². The van der Waals surface area contributed by atoms with Gasteiger partial charge in [-0.3, -0.25) is 0 Å². The van der Waals surface area contributed by atoms with E-state index < -0.39 is 6.29 Å². The Labute approximate surface area is 120 Å². The topological polar surface area (TPSA) is 40.5 Å². The maximum Gasteiger partial charge on any atom is 0.151 e. The molecule has 0 heterocycles. The lowest BCUT2D eigenvalue weighted by atomic mass is 9.64. The molecular weight excluding hydrogens is 236 g/mol. The summed E-state index contributed by atoms with van der Waals surface area (Å²) in [5, 5.41) is 18.8. The van der Waals surface area contributed by atoms with E-state index in [2.05, 4.69) is 48.5 Å². The molecule has 116 valence electrons. The second kappa shape index (κ2) is 8.26. The van der Waals surface area contributed by atoms with Gasteiger partial charge in [0.25, 0.3) is 0 Å². The van der Waals surface area contributed by atoms with Gasteiger partial charge in [-0.15, -0.1) is 0 Å². The summed E-state index contributed by atoms with van der Waals surface area (Å²) in [7, 11) is 0. The molecule has 0 fully saturated rings. The van der Waals surface area contributed by atoms with E-state index in [0.717, 1.165) is 19.3 Å². The van der Waals surface area contributed by atoms with Gasteiger partial charge in [-0.1, -0.05) is 48.5 Å². The van der Waals surface area contributed by atoms with Gasteiger partial charge in [0, 0.05) is 6.42 Å². The van der Waals surface area contributed by atoms with Gasteiger partial charge in [-0.25, -0.2) is 0 Å². The van der Waals surface area contributed by atoms with Crippen LogP contribution in [0, 0.1) is 29.1 Å². The van der Waals surface area contributed by atoms with Crippen molar-refractivity contribution in [2.24, 2.45) is 29.1 Å². The largest absolute Gasteiger partial charge is 0.368 e. The third-order valence-corrected chi connectivity index (χ3v) is 3.99. The van der Waals surface area contributed by atoms with Gasteiger partial charge in [-0.05, 0) is 48.3 Å². The molecule has 0 aromatic heterocycles. The third-order valence-electron chi connectivity index (χ3n) is 3.99. The third kappa shape index (κ3) is 7.94. The second-order valence-corrected chi connectivity index (χ2v) is 7.89. The van der Waals surface area contributed by atoms with Crippen LogP contribution in [0.1, 0.15) is 74.1 Å². The van der Waals surface area contributed by atoms with Crippen molar-refractivity contribution in [3.05, 3.63) is 0 Å². The zero-order valence-electron chi connectivity index (χ0n) is 14.1. The number of hydrogen-bond acceptors (Lipinski definition) is 2. The molecule has 0 rings (SSSR count). The summed E-state index contributed by atoms with van der Waals surface area (Å²) in [6.07, 6.45) is 2.73. The first-order valence-electron chi connectivity index (χ1n) is 7.93. The first-order valence-corrected chi connectivity index (χ1v) is 7.93. The molecular formula is C17H36O2. The van der Waals surface area contributed by atoms with Crippen molar-refractivity contribution in [2.75, 3.05) is 0 Å². The van der Waals surface area contributed by atoms with E-state index in [1.807, 2.05) is 0 Å². The van der Waals surface area contributed by atoms with Gasteiger partial charge in [0.1, 0.15) is 0 Å². The van der Waals surface area contributed by atoms with Crippen LogP contribution in [-0.2, 0) is 0 Å². The summed E-state index contributed by atoms with van der Waals surface area (Å²) >= 11 is 0. The van der Waals surface area contributed by atoms with Gasteiger partial charge in [0.05, 0.1) is 0 Å². The van der Waals surface area contributed by atoms with Crippen LogP contribution in [0.25, 0.3) is 0 Å². The van der Waals surface area contributed by atoms with Crippen molar-refractivity contribution >= 4 is 0 Å². The SMILES string of the molecule is CC(C)CC(CC(O)O)C(C)(CC(C)C)CC(C)C. The van der Waals surface area contributed by atoms with Crippen LogP contribution in [0.2, 0.25) is 0 Å². The molecule has 0 bridgehead atoms. The van der Waals surface area contributed by atoms with Crippen LogP contribution < -0.4 is 0 Å². The lowest BCUT2D eigenvalue weighted by Gasteiger charge is -2.42. The van der Waals surface area contributed by atoms with Crippen LogP contribution in [0.15, 0.2) is 0 Å². The van der Waals surface area contributed by atoms with E-state index in [-0.39, 0.29) is 5.41 Å². The van der Waals surface area contributed by atoms with Gasteiger partial charge in [0.2, 0.25) is 0 Å². The molecule has 0 saturated carbocycles. The lowest BCUT2D eigenvalue weighted by Crippen LogP contribution is -2.34. The molecule has 0 aliphatic rings. The van der Waals surface area contributed by atoms with Crippen LogP contribution in [0.4, 0.5) is 0 Å². The molecule has 0 saturated heterocycles. The molecule has 2 heteroatoms. The average molecular weight is 272 g/mol. The zero-order valence-corrected chi connectivity index (χ0v) is 14.1. The summed E-state index contributed by atoms with van der Waals surface area (Å²) in [5.74, 6) is 2.28. The van der Waals surface area contributed by atoms with E-state index >= 15 is 0 Å². The van der Waals surface area contributed by atoms with E-state index in [9.17, 15) is 10.2 Å². The molecule has 2 nitrogen and oxygen atoms in total. The number of aliphatic hydroxyl groups excluding tert-OH is 1. The van der Waals surface area contributed by atoms with Crippen LogP contribution in [0.3, 0.4) is 0 Å². The lowest BCUT2D eigenvalue weighted by molar-refractivity contribution is -0.0769. The Bertz CT molecular complexity index is 211. The molecule has 1 atom stereocenters. The maximum absolute atomic E-state index is 9.42. The Balaban J connectivity index is 5.08. The Hall–Kier alpha value is -0.0800. The predicted octanol–water partition coefficient (Wildman–Crippen LogP) is 4.45. The van der Waals surface area contributed by atoms with E-state index in [1.165, 1.54) is 0 Å². The Morgan fingerprint density at radius 2 is 1.16 bits per heavy atom. The smallest absolute Gasteiger partial charge is 0.151 e. The van der Waals surface area contributed by atoms with E-state index in [0.29, 0.717) is 30.1 Å².